The van der Waals surface area contributed by atoms with Crippen molar-refractivity contribution in [2.45, 2.75) is 12.5 Å². The fourth-order valence-corrected chi connectivity index (χ4v) is 1.26. The van der Waals surface area contributed by atoms with Crippen molar-refractivity contribution in [3.8, 4) is 0 Å². The number of anilines is 1. The van der Waals surface area contributed by atoms with Crippen LogP contribution < -0.4 is 4.90 Å². The SMILES string of the molecule is C=CCC(O)C(=O)N(C)c1ccccc1. The normalized spacial score (nSPS) is 11.9. The Labute approximate surface area is 89.6 Å². The smallest absolute Gasteiger partial charge is 0.255 e. The highest BCUT2D eigenvalue weighted by Gasteiger charge is 2.18. The molecule has 3 nitrogen and oxygen atoms in total. The summed E-state index contributed by atoms with van der Waals surface area (Å²) in [4.78, 5) is 13.1. The summed E-state index contributed by atoms with van der Waals surface area (Å²) < 4.78 is 0. The monoisotopic (exact) mass is 205 g/mol. The minimum Gasteiger partial charge on any atom is -0.383 e. The lowest BCUT2D eigenvalue weighted by atomic mass is 10.2. The molecule has 1 rings (SSSR count). The van der Waals surface area contributed by atoms with Crippen molar-refractivity contribution < 1.29 is 9.90 Å². The molecule has 3 heteroatoms. The quantitative estimate of drug-likeness (QED) is 0.758. The van der Waals surface area contributed by atoms with Gasteiger partial charge in [0.2, 0.25) is 0 Å². The molecule has 0 spiro atoms. The maximum atomic E-state index is 11.7. The molecule has 1 aromatic carbocycles. The van der Waals surface area contributed by atoms with Crippen molar-refractivity contribution in [2.75, 3.05) is 11.9 Å². The van der Waals surface area contributed by atoms with Gasteiger partial charge in [-0.25, -0.2) is 0 Å². The van der Waals surface area contributed by atoms with Gasteiger partial charge in [-0.2, -0.15) is 0 Å². The van der Waals surface area contributed by atoms with Crippen molar-refractivity contribution in [1.82, 2.24) is 0 Å². The van der Waals surface area contributed by atoms with Crippen molar-refractivity contribution >= 4 is 11.6 Å². The molecule has 0 heterocycles. The third kappa shape index (κ3) is 2.92. The summed E-state index contributed by atoms with van der Waals surface area (Å²) >= 11 is 0. The molecule has 1 unspecified atom stereocenters. The highest BCUT2D eigenvalue weighted by Crippen LogP contribution is 2.12. The second-order valence-corrected chi connectivity index (χ2v) is 3.27. The summed E-state index contributed by atoms with van der Waals surface area (Å²) in [7, 11) is 1.64. The van der Waals surface area contributed by atoms with Crippen molar-refractivity contribution in [3.63, 3.8) is 0 Å². The third-order valence-corrected chi connectivity index (χ3v) is 2.15. The van der Waals surface area contributed by atoms with Crippen molar-refractivity contribution in [2.24, 2.45) is 0 Å². The van der Waals surface area contributed by atoms with Crippen LogP contribution in [-0.4, -0.2) is 24.2 Å². The molecule has 0 aliphatic rings. The molecule has 0 aliphatic carbocycles. The summed E-state index contributed by atoms with van der Waals surface area (Å²) in [5.41, 5.74) is 0.769. The van der Waals surface area contributed by atoms with Crippen LogP contribution in [0.2, 0.25) is 0 Å². The Hall–Kier alpha value is -1.61. The number of aliphatic hydroxyl groups is 1. The summed E-state index contributed by atoms with van der Waals surface area (Å²) in [6.45, 7) is 3.48. The van der Waals surface area contributed by atoms with Crippen LogP contribution in [-0.2, 0) is 4.79 Å². The highest BCUT2D eigenvalue weighted by molar-refractivity contribution is 5.95. The molecule has 0 fully saturated rings. The zero-order valence-corrected chi connectivity index (χ0v) is 8.76. The molecule has 80 valence electrons. The van der Waals surface area contributed by atoms with Crippen molar-refractivity contribution in [1.29, 1.82) is 0 Å². The maximum absolute atomic E-state index is 11.7. The zero-order chi connectivity index (χ0) is 11.3. The van der Waals surface area contributed by atoms with Crippen LogP contribution in [0.3, 0.4) is 0 Å². The van der Waals surface area contributed by atoms with Gasteiger partial charge in [0.15, 0.2) is 0 Å². The van der Waals surface area contributed by atoms with E-state index in [-0.39, 0.29) is 12.3 Å². The summed E-state index contributed by atoms with van der Waals surface area (Å²) in [5.74, 6) is -0.318. The molecule has 0 aromatic heterocycles. The molecule has 0 saturated heterocycles. The third-order valence-electron chi connectivity index (χ3n) is 2.15. The molecule has 1 N–H and O–H groups in total. The first-order valence-corrected chi connectivity index (χ1v) is 4.78. The Balaban J connectivity index is 2.72. The van der Waals surface area contributed by atoms with E-state index in [0.717, 1.165) is 5.69 Å². The molecule has 0 radical (unpaired) electrons. The van der Waals surface area contributed by atoms with E-state index in [1.807, 2.05) is 30.3 Å². The van der Waals surface area contributed by atoms with Gasteiger partial charge in [0, 0.05) is 19.2 Å². The van der Waals surface area contributed by atoms with Crippen molar-refractivity contribution in [3.05, 3.63) is 43.0 Å². The Kier molecular flexibility index (Phi) is 4.06. The van der Waals surface area contributed by atoms with E-state index in [2.05, 4.69) is 6.58 Å². The van der Waals surface area contributed by atoms with Crippen LogP contribution in [0, 0.1) is 0 Å². The van der Waals surface area contributed by atoms with Gasteiger partial charge in [0.25, 0.3) is 5.91 Å². The number of carbonyl (C=O) groups is 1. The Morgan fingerprint density at radius 1 is 1.53 bits per heavy atom. The number of amides is 1. The lowest BCUT2D eigenvalue weighted by molar-refractivity contribution is -0.126. The van der Waals surface area contributed by atoms with Gasteiger partial charge in [0.1, 0.15) is 6.10 Å². The van der Waals surface area contributed by atoms with Gasteiger partial charge >= 0.3 is 0 Å². The minimum atomic E-state index is -1.01. The zero-order valence-electron chi connectivity index (χ0n) is 8.76. The van der Waals surface area contributed by atoms with Crippen LogP contribution in [0.15, 0.2) is 43.0 Å². The van der Waals surface area contributed by atoms with E-state index in [1.165, 1.54) is 11.0 Å². The van der Waals surface area contributed by atoms with E-state index in [9.17, 15) is 9.90 Å². The number of aliphatic hydroxyl groups excluding tert-OH is 1. The number of nitrogens with zero attached hydrogens (tertiary/aromatic N) is 1. The predicted octanol–water partition coefficient (Wildman–Crippen LogP) is 1.59. The Morgan fingerprint density at radius 3 is 2.67 bits per heavy atom. The fourth-order valence-electron chi connectivity index (χ4n) is 1.26. The average molecular weight is 205 g/mol. The molecular formula is C12H15NO2. The summed E-state index contributed by atoms with van der Waals surface area (Å²) in [6.07, 6.45) is 0.796. The maximum Gasteiger partial charge on any atom is 0.255 e. The van der Waals surface area contributed by atoms with E-state index < -0.39 is 6.10 Å². The van der Waals surface area contributed by atoms with E-state index in [1.54, 1.807) is 7.05 Å². The van der Waals surface area contributed by atoms with Gasteiger partial charge < -0.3 is 10.0 Å². The van der Waals surface area contributed by atoms with E-state index in [4.69, 9.17) is 0 Å². The number of rotatable bonds is 4. The lowest BCUT2D eigenvalue weighted by Gasteiger charge is -2.19. The van der Waals surface area contributed by atoms with Crippen LogP contribution in [0.25, 0.3) is 0 Å². The molecule has 0 bridgehead atoms. The minimum absolute atomic E-state index is 0.274. The largest absolute Gasteiger partial charge is 0.383 e. The average Bonchev–Trinajstić information content (AvgIpc) is 2.28. The number of hydrogen-bond donors (Lipinski definition) is 1. The summed E-state index contributed by atoms with van der Waals surface area (Å²) in [5, 5.41) is 9.49. The van der Waals surface area contributed by atoms with Crippen LogP contribution in [0.1, 0.15) is 6.42 Å². The Bertz CT molecular complexity index is 335. The first-order valence-electron chi connectivity index (χ1n) is 4.78. The van der Waals surface area contributed by atoms with Crippen LogP contribution in [0.5, 0.6) is 0 Å². The van der Waals surface area contributed by atoms with E-state index in [0.29, 0.717) is 0 Å². The first-order chi connectivity index (χ1) is 7.16. The topological polar surface area (TPSA) is 40.5 Å². The second kappa shape index (κ2) is 5.32. The number of carbonyl (C=O) groups excluding carboxylic acids is 1. The number of para-hydroxylation sites is 1. The standard InChI is InChI=1S/C12H15NO2/c1-3-7-11(14)12(15)13(2)10-8-5-4-6-9-10/h3-6,8-9,11,14H,1,7H2,2H3. The number of benzene rings is 1. The van der Waals surface area contributed by atoms with Gasteiger partial charge in [0.05, 0.1) is 0 Å². The van der Waals surface area contributed by atoms with Gasteiger partial charge in [-0.05, 0) is 12.1 Å². The summed E-state index contributed by atoms with van der Waals surface area (Å²) in [6, 6.07) is 9.21. The van der Waals surface area contributed by atoms with Gasteiger partial charge in [-0.15, -0.1) is 6.58 Å². The second-order valence-electron chi connectivity index (χ2n) is 3.27. The van der Waals surface area contributed by atoms with Crippen LogP contribution >= 0.6 is 0 Å². The first kappa shape index (κ1) is 11.5. The van der Waals surface area contributed by atoms with E-state index >= 15 is 0 Å². The molecule has 0 aliphatic heterocycles. The number of hydrogen-bond acceptors (Lipinski definition) is 2. The number of likely N-dealkylation sites (N-methyl/N-ethyl adjacent to an activating group) is 1. The van der Waals surface area contributed by atoms with Gasteiger partial charge in [-0.3, -0.25) is 4.79 Å². The molecule has 1 atom stereocenters. The lowest BCUT2D eigenvalue weighted by Crippen LogP contribution is -2.36. The molecular weight excluding hydrogens is 190 g/mol. The van der Waals surface area contributed by atoms with Gasteiger partial charge in [-0.1, -0.05) is 24.3 Å². The molecule has 15 heavy (non-hydrogen) atoms. The predicted molar refractivity (Wildman–Crippen MR) is 60.7 cm³/mol. The molecule has 1 amide bonds. The highest BCUT2D eigenvalue weighted by atomic mass is 16.3. The Morgan fingerprint density at radius 2 is 2.13 bits per heavy atom. The molecule has 0 saturated carbocycles. The fraction of sp³-hybridized carbons (Fsp3) is 0.250. The molecule has 1 aromatic rings. The van der Waals surface area contributed by atoms with Crippen LogP contribution in [0.4, 0.5) is 5.69 Å².